The topological polar surface area (TPSA) is 44.5 Å². The molecule has 88 valence electrons. The molecule has 1 unspecified atom stereocenters. The van der Waals surface area contributed by atoms with Crippen LogP contribution >= 0.6 is 0 Å². The molecule has 16 heavy (non-hydrogen) atoms. The van der Waals surface area contributed by atoms with Gasteiger partial charge in [-0.05, 0) is 18.4 Å². The van der Waals surface area contributed by atoms with Gasteiger partial charge in [-0.25, -0.2) is 0 Å². The second-order valence-corrected chi connectivity index (χ2v) is 4.25. The zero-order chi connectivity index (χ0) is 11.4. The Labute approximate surface area is 96.5 Å². The van der Waals surface area contributed by atoms with Crippen molar-refractivity contribution < 1.29 is 9.47 Å². The van der Waals surface area contributed by atoms with Crippen molar-refractivity contribution in [3.8, 4) is 0 Å². The summed E-state index contributed by atoms with van der Waals surface area (Å²) >= 11 is 0. The first-order chi connectivity index (χ1) is 7.77. The second-order valence-electron chi connectivity index (χ2n) is 4.25. The first-order valence-corrected chi connectivity index (χ1v) is 5.74. The quantitative estimate of drug-likeness (QED) is 0.792. The van der Waals surface area contributed by atoms with Crippen molar-refractivity contribution in [2.24, 2.45) is 11.7 Å². The lowest BCUT2D eigenvalue weighted by molar-refractivity contribution is -0.0943. The van der Waals surface area contributed by atoms with Crippen molar-refractivity contribution in [2.45, 2.75) is 18.6 Å². The zero-order valence-electron chi connectivity index (χ0n) is 9.69. The summed E-state index contributed by atoms with van der Waals surface area (Å²) in [5.74, 6) is 0.327. The van der Waals surface area contributed by atoms with E-state index in [1.807, 2.05) is 30.3 Å². The lowest BCUT2D eigenvalue weighted by Gasteiger charge is -2.38. The Bertz CT molecular complexity index is 322. The largest absolute Gasteiger partial charge is 0.381 e. The fourth-order valence-corrected chi connectivity index (χ4v) is 2.35. The van der Waals surface area contributed by atoms with Crippen molar-refractivity contribution in [2.75, 3.05) is 20.3 Å². The van der Waals surface area contributed by atoms with E-state index in [0.29, 0.717) is 5.92 Å². The summed E-state index contributed by atoms with van der Waals surface area (Å²) in [6, 6.07) is 10.0. The van der Waals surface area contributed by atoms with E-state index in [0.717, 1.165) is 31.6 Å². The Kier molecular flexibility index (Phi) is 3.59. The maximum absolute atomic E-state index is 6.42. The molecule has 0 radical (unpaired) electrons. The molecule has 1 fully saturated rings. The van der Waals surface area contributed by atoms with Crippen LogP contribution in [0.4, 0.5) is 0 Å². The van der Waals surface area contributed by atoms with Crippen molar-refractivity contribution in [1.82, 2.24) is 0 Å². The molecule has 2 rings (SSSR count). The van der Waals surface area contributed by atoms with Crippen LogP contribution < -0.4 is 5.73 Å². The van der Waals surface area contributed by atoms with Crippen LogP contribution in [-0.4, -0.2) is 20.3 Å². The summed E-state index contributed by atoms with van der Waals surface area (Å²) in [5, 5.41) is 0. The van der Waals surface area contributed by atoms with Gasteiger partial charge in [0, 0.05) is 26.2 Å². The normalized spacial score (nSPS) is 21.6. The van der Waals surface area contributed by atoms with Gasteiger partial charge in [0.25, 0.3) is 0 Å². The van der Waals surface area contributed by atoms with E-state index in [1.165, 1.54) is 0 Å². The van der Waals surface area contributed by atoms with E-state index < -0.39 is 5.72 Å². The van der Waals surface area contributed by atoms with E-state index in [2.05, 4.69) is 0 Å². The van der Waals surface area contributed by atoms with Gasteiger partial charge in [0.1, 0.15) is 5.72 Å². The minimum Gasteiger partial charge on any atom is -0.381 e. The summed E-state index contributed by atoms with van der Waals surface area (Å²) in [7, 11) is 1.68. The second kappa shape index (κ2) is 4.95. The molecule has 0 aliphatic carbocycles. The van der Waals surface area contributed by atoms with Gasteiger partial charge in [0.2, 0.25) is 0 Å². The fraction of sp³-hybridized carbons (Fsp3) is 0.538. The molecule has 1 heterocycles. The molecule has 2 N–H and O–H groups in total. The van der Waals surface area contributed by atoms with Crippen LogP contribution in [0.5, 0.6) is 0 Å². The highest BCUT2D eigenvalue weighted by atomic mass is 16.5. The third-order valence-corrected chi connectivity index (χ3v) is 3.39. The maximum Gasteiger partial charge on any atom is 0.145 e. The van der Waals surface area contributed by atoms with Gasteiger partial charge in [0.05, 0.1) is 0 Å². The summed E-state index contributed by atoms with van der Waals surface area (Å²) < 4.78 is 10.9. The molecule has 1 aromatic rings. The first kappa shape index (κ1) is 11.6. The standard InChI is InChI=1S/C13H19NO2/c1-15-13(14,11-5-3-2-4-6-11)12-7-9-16-10-8-12/h2-6,12H,7-10,14H2,1H3. The van der Waals surface area contributed by atoms with E-state index >= 15 is 0 Å². The van der Waals surface area contributed by atoms with Crippen molar-refractivity contribution in [3.63, 3.8) is 0 Å². The maximum atomic E-state index is 6.42. The fourth-order valence-electron chi connectivity index (χ4n) is 2.35. The predicted octanol–water partition coefficient (Wildman–Crippen LogP) is 1.87. The SMILES string of the molecule is COC(N)(c1ccccc1)C1CCOCC1. The molecule has 1 atom stereocenters. The number of ether oxygens (including phenoxy) is 2. The minimum atomic E-state index is -0.676. The molecular weight excluding hydrogens is 202 g/mol. The molecule has 0 amide bonds. The molecule has 0 aromatic heterocycles. The van der Waals surface area contributed by atoms with Crippen LogP contribution in [0.25, 0.3) is 0 Å². The van der Waals surface area contributed by atoms with Crippen LogP contribution in [0.2, 0.25) is 0 Å². The summed E-state index contributed by atoms with van der Waals surface area (Å²) in [5.41, 5.74) is 6.79. The van der Waals surface area contributed by atoms with E-state index in [1.54, 1.807) is 7.11 Å². The Morgan fingerprint density at radius 2 is 1.88 bits per heavy atom. The average molecular weight is 221 g/mol. The van der Waals surface area contributed by atoms with Crippen molar-refractivity contribution in [3.05, 3.63) is 35.9 Å². The molecule has 0 saturated carbocycles. The highest BCUT2D eigenvalue weighted by molar-refractivity contribution is 5.22. The van der Waals surface area contributed by atoms with Gasteiger partial charge in [-0.1, -0.05) is 30.3 Å². The van der Waals surface area contributed by atoms with E-state index in [-0.39, 0.29) is 0 Å². The molecule has 3 nitrogen and oxygen atoms in total. The van der Waals surface area contributed by atoms with Crippen LogP contribution in [0.1, 0.15) is 18.4 Å². The summed E-state index contributed by atoms with van der Waals surface area (Å²) in [4.78, 5) is 0. The molecule has 1 saturated heterocycles. The van der Waals surface area contributed by atoms with Crippen LogP contribution in [0.3, 0.4) is 0 Å². The number of nitrogens with two attached hydrogens (primary N) is 1. The molecule has 1 aliphatic heterocycles. The van der Waals surface area contributed by atoms with Crippen LogP contribution in [0, 0.1) is 5.92 Å². The van der Waals surface area contributed by atoms with Crippen LogP contribution in [-0.2, 0) is 15.2 Å². The van der Waals surface area contributed by atoms with Gasteiger partial charge >= 0.3 is 0 Å². The molecule has 1 aliphatic rings. The highest BCUT2D eigenvalue weighted by Gasteiger charge is 2.37. The monoisotopic (exact) mass is 221 g/mol. The van der Waals surface area contributed by atoms with Crippen molar-refractivity contribution in [1.29, 1.82) is 0 Å². The van der Waals surface area contributed by atoms with Gasteiger partial charge in [-0.15, -0.1) is 0 Å². The molecule has 0 bridgehead atoms. The minimum absolute atomic E-state index is 0.327. The number of rotatable bonds is 3. The Hall–Kier alpha value is -0.900. The van der Waals surface area contributed by atoms with E-state index in [9.17, 15) is 0 Å². The third kappa shape index (κ3) is 2.12. The zero-order valence-corrected chi connectivity index (χ0v) is 9.69. The van der Waals surface area contributed by atoms with Gasteiger partial charge in [-0.2, -0.15) is 0 Å². The Balaban J connectivity index is 2.24. The molecular formula is C13H19NO2. The Morgan fingerprint density at radius 1 is 1.25 bits per heavy atom. The number of methoxy groups -OCH3 is 1. The smallest absolute Gasteiger partial charge is 0.145 e. The summed E-state index contributed by atoms with van der Waals surface area (Å²) in [6.45, 7) is 1.56. The van der Waals surface area contributed by atoms with Crippen molar-refractivity contribution >= 4 is 0 Å². The van der Waals surface area contributed by atoms with Gasteiger partial charge in [-0.3, -0.25) is 5.73 Å². The van der Waals surface area contributed by atoms with Gasteiger partial charge < -0.3 is 9.47 Å². The lowest BCUT2D eigenvalue weighted by Crippen LogP contribution is -2.48. The molecule has 1 aromatic carbocycles. The highest BCUT2D eigenvalue weighted by Crippen LogP contribution is 2.34. The Morgan fingerprint density at radius 3 is 2.44 bits per heavy atom. The van der Waals surface area contributed by atoms with E-state index in [4.69, 9.17) is 15.2 Å². The average Bonchev–Trinajstić information content (AvgIpc) is 2.40. The number of benzene rings is 1. The summed E-state index contributed by atoms with van der Waals surface area (Å²) in [6.07, 6.45) is 1.92. The number of hydrogen-bond donors (Lipinski definition) is 1. The predicted molar refractivity (Wildman–Crippen MR) is 62.9 cm³/mol. The third-order valence-electron chi connectivity index (χ3n) is 3.39. The lowest BCUT2D eigenvalue weighted by atomic mass is 9.84. The van der Waals surface area contributed by atoms with Gasteiger partial charge in [0.15, 0.2) is 0 Å². The molecule has 0 spiro atoms. The number of hydrogen-bond acceptors (Lipinski definition) is 3. The van der Waals surface area contributed by atoms with Crippen LogP contribution in [0.15, 0.2) is 30.3 Å². The first-order valence-electron chi connectivity index (χ1n) is 5.74. The molecule has 3 heteroatoms.